The van der Waals surface area contributed by atoms with Crippen molar-refractivity contribution in [3.63, 3.8) is 0 Å². The van der Waals surface area contributed by atoms with Crippen molar-refractivity contribution in [2.45, 2.75) is 5.16 Å². The predicted molar refractivity (Wildman–Crippen MR) is 93.8 cm³/mol. The number of hydrogen-bond acceptors (Lipinski definition) is 7. The highest BCUT2D eigenvalue weighted by Gasteiger charge is 2.16. The van der Waals surface area contributed by atoms with Gasteiger partial charge in [0.25, 0.3) is 0 Å². The molecule has 0 unspecified atom stereocenters. The van der Waals surface area contributed by atoms with Crippen LogP contribution in [0.4, 0.5) is 5.69 Å². The summed E-state index contributed by atoms with van der Waals surface area (Å²) in [5, 5.41) is 14.6. The number of halogens is 1. The fourth-order valence-electron chi connectivity index (χ4n) is 1.85. The third-order valence-electron chi connectivity index (χ3n) is 3.15. The van der Waals surface area contributed by atoms with Gasteiger partial charge in [-0.1, -0.05) is 23.4 Å². The number of likely N-dealkylation sites (N-methyl/N-ethyl adjacent to an activating group) is 1. The van der Waals surface area contributed by atoms with Crippen molar-refractivity contribution >= 4 is 40.9 Å². The van der Waals surface area contributed by atoms with Gasteiger partial charge in [-0.3, -0.25) is 9.59 Å². The summed E-state index contributed by atoms with van der Waals surface area (Å²) in [4.78, 5) is 25.6. The summed E-state index contributed by atoms with van der Waals surface area (Å²) >= 11 is 7.12. The molecule has 0 spiro atoms. The van der Waals surface area contributed by atoms with Crippen molar-refractivity contribution in [2.75, 3.05) is 31.8 Å². The molecule has 11 heteroatoms. The zero-order valence-electron chi connectivity index (χ0n) is 13.9. The number of carbonyl (C=O) groups excluding carboxylic acids is 2. The quantitative estimate of drug-likeness (QED) is 0.712. The second-order valence-electron chi connectivity index (χ2n) is 5.02. The van der Waals surface area contributed by atoms with E-state index in [1.807, 2.05) is 0 Å². The van der Waals surface area contributed by atoms with Gasteiger partial charge in [-0.15, -0.1) is 5.10 Å². The highest BCUT2D eigenvalue weighted by molar-refractivity contribution is 7.99. The molecule has 1 N–H and O–H groups in total. The molecule has 0 atom stereocenters. The molecule has 25 heavy (non-hydrogen) atoms. The molecule has 1 heterocycles. The Bertz CT molecular complexity index is 769. The first kappa shape index (κ1) is 19.0. The Hall–Kier alpha value is -2.33. The van der Waals surface area contributed by atoms with E-state index in [0.29, 0.717) is 21.6 Å². The van der Waals surface area contributed by atoms with Gasteiger partial charge in [-0.05, 0) is 28.6 Å². The van der Waals surface area contributed by atoms with Gasteiger partial charge in [-0.25, -0.2) is 4.68 Å². The fourth-order valence-corrected chi connectivity index (χ4v) is 2.81. The van der Waals surface area contributed by atoms with E-state index in [2.05, 4.69) is 20.8 Å². The highest BCUT2D eigenvalue weighted by Crippen LogP contribution is 2.27. The minimum Gasteiger partial charge on any atom is -0.495 e. The van der Waals surface area contributed by atoms with E-state index < -0.39 is 0 Å². The number of thioether (sulfide) groups is 1. The summed E-state index contributed by atoms with van der Waals surface area (Å²) < 4.78 is 6.63. The van der Waals surface area contributed by atoms with E-state index in [-0.39, 0.29) is 24.1 Å². The van der Waals surface area contributed by atoms with Crippen molar-refractivity contribution in [3.05, 3.63) is 23.2 Å². The van der Waals surface area contributed by atoms with Gasteiger partial charge in [0.15, 0.2) is 0 Å². The van der Waals surface area contributed by atoms with Crippen LogP contribution in [0.3, 0.4) is 0 Å². The Balaban J connectivity index is 1.88. The molecule has 0 bridgehead atoms. The molecule has 2 amide bonds. The van der Waals surface area contributed by atoms with Crippen LogP contribution in [0.5, 0.6) is 5.75 Å². The lowest BCUT2D eigenvalue weighted by Gasteiger charge is -2.17. The van der Waals surface area contributed by atoms with Gasteiger partial charge in [0.1, 0.15) is 5.75 Å². The van der Waals surface area contributed by atoms with Crippen molar-refractivity contribution in [1.82, 2.24) is 25.1 Å². The first-order valence-corrected chi connectivity index (χ1v) is 8.49. The zero-order chi connectivity index (χ0) is 18.4. The van der Waals surface area contributed by atoms with Crippen LogP contribution in [0.2, 0.25) is 5.02 Å². The molecule has 2 aromatic rings. The number of amides is 2. The number of methoxy groups -OCH3 is 1. The van der Waals surface area contributed by atoms with Crippen molar-refractivity contribution in [2.24, 2.45) is 7.05 Å². The molecule has 0 aliphatic carbocycles. The number of hydrogen-bond donors (Lipinski definition) is 1. The Morgan fingerprint density at radius 1 is 1.44 bits per heavy atom. The molecule has 2 rings (SSSR count). The first-order valence-electron chi connectivity index (χ1n) is 7.13. The smallest absolute Gasteiger partial charge is 0.244 e. The van der Waals surface area contributed by atoms with Crippen LogP contribution >= 0.6 is 23.4 Å². The highest BCUT2D eigenvalue weighted by atomic mass is 35.5. The lowest BCUT2D eigenvalue weighted by Crippen LogP contribution is -2.36. The van der Waals surface area contributed by atoms with Gasteiger partial charge < -0.3 is 15.0 Å². The molecule has 0 saturated heterocycles. The SMILES string of the molecule is COc1ccc(Cl)cc1NC(=O)CN(C)C(=O)CSc1nnnn1C. The molecule has 0 saturated carbocycles. The van der Waals surface area contributed by atoms with Crippen molar-refractivity contribution in [3.8, 4) is 5.75 Å². The van der Waals surface area contributed by atoms with Crippen LogP contribution in [0.15, 0.2) is 23.4 Å². The van der Waals surface area contributed by atoms with Gasteiger partial charge in [-0.2, -0.15) is 0 Å². The normalized spacial score (nSPS) is 10.4. The molecule has 0 aliphatic heterocycles. The maximum Gasteiger partial charge on any atom is 0.244 e. The predicted octanol–water partition coefficient (Wildman–Crippen LogP) is 1.06. The topological polar surface area (TPSA) is 102 Å². The van der Waals surface area contributed by atoms with E-state index in [0.717, 1.165) is 0 Å². The minimum absolute atomic E-state index is 0.105. The molecule has 1 aromatic carbocycles. The van der Waals surface area contributed by atoms with E-state index in [1.165, 1.54) is 28.5 Å². The number of tetrazole rings is 1. The molecule has 9 nitrogen and oxygen atoms in total. The van der Waals surface area contributed by atoms with Gasteiger partial charge >= 0.3 is 0 Å². The second kappa shape index (κ2) is 8.67. The molecule has 0 radical (unpaired) electrons. The summed E-state index contributed by atoms with van der Waals surface area (Å²) in [5.74, 6) is 0.0263. The van der Waals surface area contributed by atoms with E-state index in [4.69, 9.17) is 16.3 Å². The molecule has 1 aromatic heterocycles. The third kappa shape index (κ3) is 5.33. The van der Waals surface area contributed by atoms with E-state index in [1.54, 1.807) is 32.3 Å². The summed E-state index contributed by atoms with van der Waals surface area (Å²) in [6, 6.07) is 4.89. The minimum atomic E-state index is -0.359. The van der Waals surface area contributed by atoms with Gasteiger partial charge in [0.05, 0.1) is 25.1 Å². The fraction of sp³-hybridized carbons (Fsp3) is 0.357. The Kier molecular flexibility index (Phi) is 6.59. The van der Waals surface area contributed by atoms with Crippen LogP contribution in [0.1, 0.15) is 0 Å². The summed E-state index contributed by atoms with van der Waals surface area (Å²) in [6.07, 6.45) is 0. The second-order valence-corrected chi connectivity index (χ2v) is 6.40. The van der Waals surface area contributed by atoms with Crippen LogP contribution < -0.4 is 10.1 Å². The zero-order valence-corrected chi connectivity index (χ0v) is 15.5. The van der Waals surface area contributed by atoms with Crippen LogP contribution in [-0.2, 0) is 16.6 Å². The number of rotatable bonds is 7. The van der Waals surface area contributed by atoms with Gasteiger partial charge in [0, 0.05) is 19.1 Å². The lowest BCUT2D eigenvalue weighted by molar-refractivity contribution is -0.131. The monoisotopic (exact) mass is 384 g/mol. The number of aromatic nitrogens is 4. The average molecular weight is 385 g/mol. The maximum atomic E-state index is 12.1. The largest absolute Gasteiger partial charge is 0.495 e. The lowest BCUT2D eigenvalue weighted by atomic mass is 10.3. The van der Waals surface area contributed by atoms with Gasteiger partial charge in [0.2, 0.25) is 17.0 Å². The van der Waals surface area contributed by atoms with E-state index in [9.17, 15) is 9.59 Å². The molecule has 134 valence electrons. The standard InChI is InChI=1S/C14H17ClN6O3S/c1-20(13(23)8-25-14-17-18-19-21(14)2)7-12(22)16-10-6-9(15)4-5-11(10)24-3/h4-6H,7-8H2,1-3H3,(H,16,22). The summed E-state index contributed by atoms with van der Waals surface area (Å²) in [5.41, 5.74) is 0.445. The molecular weight excluding hydrogens is 368 g/mol. The van der Waals surface area contributed by atoms with Crippen LogP contribution in [0, 0.1) is 0 Å². The Morgan fingerprint density at radius 3 is 2.84 bits per heavy atom. The van der Waals surface area contributed by atoms with E-state index >= 15 is 0 Å². The molecule has 0 aliphatic rings. The van der Waals surface area contributed by atoms with Crippen LogP contribution in [-0.4, -0.2) is 63.4 Å². The number of benzene rings is 1. The van der Waals surface area contributed by atoms with Crippen molar-refractivity contribution < 1.29 is 14.3 Å². The molecular formula is C14H17ClN6O3S. The molecule has 0 fully saturated rings. The number of nitrogens with zero attached hydrogens (tertiary/aromatic N) is 5. The number of anilines is 1. The Morgan fingerprint density at radius 2 is 2.20 bits per heavy atom. The number of ether oxygens (including phenoxy) is 1. The number of aryl methyl sites for hydroxylation is 1. The number of nitrogens with one attached hydrogen (secondary N) is 1. The first-order chi connectivity index (χ1) is 11.9. The summed E-state index contributed by atoms with van der Waals surface area (Å²) in [6.45, 7) is -0.105. The van der Waals surface area contributed by atoms with Crippen LogP contribution in [0.25, 0.3) is 0 Å². The third-order valence-corrected chi connectivity index (χ3v) is 4.38. The summed E-state index contributed by atoms with van der Waals surface area (Å²) in [7, 11) is 4.72. The van der Waals surface area contributed by atoms with Crippen molar-refractivity contribution in [1.29, 1.82) is 0 Å². The maximum absolute atomic E-state index is 12.1. The number of carbonyl (C=O) groups is 2. The average Bonchev–Trinajstić information content (AvgIpc) is 2.97. The Labute approximate surface area is 153 Å².